The van der Waals surface area contributed by atoms with Crippen molar-refractivity contribution in [2.24, 2.45) is 11.5 Å². The second kappa shape index (κ2) is 13.1. The van der Waals surface area contributed by atoms with E-state index in [4.69, 9.17) is 42.1 Å². The molecule has 0 aliphatic heterocycles. The first-order valence-electron chi connectivity index (χ1n) is 4.45. The van der Waals surface area contributed by atoms with Crippen LogP contribution in [0.2, 0.25) is 0 Å². The minimum atomic E-state index is -1.50. The number of hydrogen-bond donors (Lipinski definition) is 4. The van der Waals surface area contributed by atoms with Gasteiger partial charge in [-0.1, -0.05) is 12.8 Å². The van der Waals surface area contributed by atoms with Gasteiger partial charge in [-0.3, -0.25) is 0 Å². The maximum absolute atomic E-state index is 8.36. The molecule has 0 bridgehead atoms. The molecule has 1 fully saturated rings. The first-order valence-corrected chi connectivity index (χ1v) is 4.45. The predicted octanol–water partition coefficient (Wildman–Crippen LogP) is -0.483. The molecule has 106 valence electrons. The van der Waals surface area contributed by atoms with E-state index in [-0.39, 0.29) is 33.1 Å². The number of nitrogens with zero attached hydrogens (tertiary/aromatic N) is 2. The van der Waals surface area contributed by atoms with Crippen LogP contribution in [0, 0.1) is 20.2 Å². The van der Waals surface area contributed by atoms with Crippen LogP contribution < -0.4 is 11.5 Å². The van der Waals surface area contributed by atoms with Crippen LogP contribution in [-0.4, -0.2) is 32.7 Å². The number of nitrogens with two attached hydrogens (primary N) is 2. The van der Waals surface area contributed by atoms with Gasteiger partial charge < -0.3 is 21.9 Å². The van der Waals surface area contributed by atoms with Crippen molar-refractivity contribution in [1.29, 1.82) is 0 Å². The number of rotatable bonds is 0. The van der Waals surface area contributed by atoms with Crippen molar-refractivity contribution in [3.05, 3.63) is 20.2 Å². The molecular weight excluding hydrogens is 419 g/mol. The molecule has 2 atom stereocenters. The molecule has 0 aromatic carbocycles. The fourth-order valence-corrected chi connectivity index (χ4v) is 1.19. The zero-order valence-corrected chi connectivity index (χ0v) is 11.1. The molecule has 0 saturated heterocycles. The van der Waals surface area contributed by atoms with Crippen molar-refractivity contribution in [3.8, 4) is 0 Å². The van der Waals surface area contributed by atoms with E-state index >= 15 is 0 Å². The summed E-state index contributed by atoms with van der Waals surface area (Å²) in [5, 5.41) is 27.3. The molecule has 1 rings (SSSR count). The van der Waals surface area contributed by atoms with Gasteiger partial charge in [-0.05, 0) is 12.8 Å². The van der Waals surface area contributed by atoms with Crippen molar-refractivity contribution < 1.29 is 41.7 Å². The third kappa shape index (κ3) is 25.4. The average Bonchev–Trinajstić information content (AvgIpc) is 2.08. The third-order valence-corrected chi connectivity index (χ3v) is 1.87. The Hall–Kier alpha value is -0.992. The van der Waals surface area contributed by atoms with Crippen LogP contribution in [0.3, 0.4) is 0 Å². The Bertz CT molecular complexity index is 189. The Labute approximate surface area is 111 Å². The third-order valence-electron chi connectivity index (χ3n) is 1.87. The molecule has 0 spiro atoms. The summed E-state index contributed by atoms with van der Waals surface area (Å²) in [4.78, 5) is 16.7. The largest absolute Gasteiger partial charge is 0.328 e. The summed E-state index contributed by atoms with van der Waals surface area (Å²) < 4.78 is 0. The zero-order valence-electron chi connectivity index (χ0n) is 8.88. The topological polar surface area (TPSA) is 179 Å². The van der Waals surface area contributed by atoms with Crippen molar-refractivity contribution >= 4 is 0 Å². The van der Waals surface area contributed by atoms with Crippen LogP contribution in [0.1, 0.15) is 25.7 Å². The minimum absolute atomic E-state index is 0. The molecule has 1 aliphatic rings. The Morgan fingerprint density at radius 1 is 0.941 bits per heavy atom. The number of hydrogen-bond acceptors (Lipinski definition) is 6. The molecule has 11 heteroatoms. The molecule has 0 radical (unpaired) electrons. The van der Waals surface area contributed by atoms with Gasteiger partial charge in [0.15, 0.2) is 0 Å². The zero-order chi connectivity index (χ0) is 13.1. The normalized spacial score (nSPS) is 21.5. The van der Waals surface area contributed by atoms with Gasteiger partial charge in [0.25, 0.3) is 10.2 Å². The molecule has 17 heavy (non-hydrogen) atoms. The molecule has 0 aromatic rings. The summed E-state index contributed by atoms with van der Waals surface area (Å²) in [5.74, 6) is 0. The Kier molecular flexibility index (Phi) is 16.4. The van der Waals surface area contributed by atoms with Crippen LogP contribution >= 0.6 is 0 Å². The van der Waals surface area contributed by atoms with E-state index < -0.39 is 10.2 Å². The van der Waals surface area contributed by atoms with Gasteiger partial charge in [-0.25, -0.2) is 0 Å². The van der Waals surface area contributed by atoms with Gasteiger partial charge in [-0.2, -0.15) is 0 Å². The van der Waals surface area contributed by atoms with Gasteiger partial charge in [0.05, 0.1) is 0 Å². The smallest absolute Gasteiger partial charge is 0.291 e. The monoisotopic (exact) mass is 435 g/mol. The Morgan fingerprint density at radius 2 is 1.12 bits per heavy atom. The summed E-state index contributed by atoms with van der Waals surface area (Å²) >= 11 is 0. The molecule has 0 aromatic heterocycles. The van der Waals surface area contributed by atoms with E-state index in [0.717, 1.165) is 12.8 Å². The van der Waals surface area contributed by atoms with Crippen LogP contribution in [0.5, 0.6) is 0 Å². The van der Waals surface area contributed by atoms with Gasteiger partial charge in [0, 0.05) is 33.1 Å². The van der Waals surface area contributed by atoms with Crippen molar-refractivity contribution in [2.75, 3.05) is 0 Å². The molecule has 1 aliphatic carbocycles. The SMILES string of the molecule is NC1CCCCC1N.O=[N+]([O-])O.O=[N+]([O-])O.[Pt]. The molecule has 10 nitrogen and oxygen atoms in total. The molecule has 6 N–H and O–H groups in total. The van der Waals surface area contributed by atoms with Gasteiger partial charge >= 0.3 is 0 Å². The van der Waals surface area contributed by atoms with Crippen LogP contribution in [0.15, 0.2) is 0 Å². The van der Waals surface area contributed by atoms with Crippen molar-refractivity contribution in [3.63, 3.8) is 0 Å². The van der Waals surface area contributed by atoms with E-state index in [1.165, 1.54) is 12.8 Å². The first kappa shape index (κ1) is 21.3. The van der Waals surface area contributed by atoms with E-state index in [2.05, 4.69) is 0 Å². The first-order chi connectivity index (χ1) is 7.27. The van der Waals surface area contributed by atoms with E-state index in [1.807, 2.05) is 0 Å². The van der Waals surface area contributed by atoms with E-state index in [9.17, 15) is 0 Å². The summed E-state index contributed by atoms with van der Waals surface area (Å²) in [6, 6.07) is 0.562. The van der Waals surface area contributed by atoms with Gasteiger partial charge in [-0.15, -0.1) is 20.2 Å². The molecule has 0 amide bonds. The van der Waals surface area contributed by atoms with E-state index in [0.29, 0.717) is 0 Å². The molecule has 2 unspecified atom stereocenters. The second-order valence-electron chi connectivity index (χ2n) is 3.09. The van der Waals surface area contributed by atoms with Crippen molar-refractivity contribution in [2.45, 2.75) is 37.8 Å². The van der Waals surface area contributed by atoms with Gasteiger partial charge in [0.2, 0.25) is 0 Å². The average molecular weight is 435 g/mol. The molecule has 0 heterocycles. The van der Waals surface area contributed by atoms with Crippen LogP contribution in [0.25, 0.3) is 0 Å². The quantitative estimate of drug-likeness (QED) is 0.291. The maximum atomic E-state index is 8.36. The summed E-state index contributed by atoms with van der Waals surface area (Å²) in [6.07, 6.45) is 4.80. The standard InChI is InChI=1S/C6H14N2.2HNO3.Pt/c7-5-3-1-2-4-6(5)8;2*2-1(3)4;/h5-6H,1-4,7-8H2;2*(H,2,3,4);. The van der Waals surface area contributed by atoms with Crippen LogP contribution in [0.4, 0.5) is 0 Å². The van der Waals surface area contributed by atoms with Crippen LogP contribution in [-0.2, 0) is 21.1 Å². The Balaban J connectivity index is -0.000000189. The predicted molar refractivity (Wildman–Crippen MR) is 52.0 cm³/mol. The summed E-state index contributed by atoms with van der Waals surface area (Å²) in [5.41, 5.74) is 11.3. The fourth-order valence-electron chi connectivity index (χ4n) is 1.19. The maximum Gasteiger partial charge on any atom is 0.291 e. The summed E-state index contributed by atoms with van der Waals surface area (Å²) in [7, 11) is 0. The second-order valence-corrected chi connectivity index (χ2v) is 3.09. The van der Waals surface area contributed by atoms with E-state index in [1.54, 1.807) is 0 Å². The molecular formula is C6H16N4O6Pt. The minimum Gasteiger partial charge on any atom is -0.328 e. The fraction of sp³-hybridized carbons (Fsp3) is 1.00. The Morgan fingerprint density at radius 3 is 1.24 bits per heavy atom. The molecule has 1 saturated carbocycles. The van der Waals surface area contributed by atoms with Crippen molar-refractivity contribution in [1.82, 2.24) is 0 Å². The summed E-state index contributed by atoms with van der Waals surface area (Å²) in [6.45, 7) is 0. The van der Waals surface area contributed by atoms with Gasteiger partial charge in [0.1, 0.15) is 0 Å².